The zero-order chi connectivity index (χ0) is 14.8. The first-order chi connectivity index (χ1) is 8.65. The minimum Gasteiger partial charge on any atom is -0.481 e. The predicted molar refractivity (Wildman–Crippen MR) is 72.0 cm³/mol. The Balaban J connectivity index is 2.90. The monoisotopic (exact) mass is 288 g/mol. The van der Waals surface area contributed by atoms with E-state index in [-0.39, 0.29) is 18.7 Å². The van der Waals surface area contributed by atoms with E-state index in [2.05, 4.69) is 5.10 Å². The van der Waals surface area contributed by atoms with Crippen LogP contribution in [0.4, 0.5) is 0 Å². The van der Waals surface area contributed by atoms with Crippen LogP contribution in [0.3, 0.4) is 0 Å². The molecule has 7 heteroatoms. The molecule has 0 aliphatic rings. The molecule has 0 spiro atoms. The average Bonchev–Trinajstić information content (AvgIpc) is 2.53. The smallest absolute Gasteiger partial charge is 0.307 e. The molecule has 0 radical (unpaired) electrons. The molecular weight excluding hydrogens is 268 g/mol. The highest BCUT2D eigenvalue weighted by Gasteiger charge is 2.19. The lowest BCUT2D eigenvalue weighted by atomic mass is 10.1. The van der Waals surface area contributed by atoms with Crippen LogP contribution in [0.1, 0.15) is 30.8 Å². The number of sulfone groups is 1. The van der Waals surface area contributed by atoms with Crippen LogP contribution in [-0.2, 0) is 27.6 Å². The number of hydrogen-bond acceptors (Lipinski definition) is 4. The van der Waals surface area contributed by atoms with Gasteiger partial charge >= 0.3 is 5.97 Å². The second kappa shape index (κ2) is 5.73. The molecule has 0 saturated carbocycles. The molecule has 0 unspecified atom stereocenters. The van der Waals surface area contributed by atoms with E-state index in [9.17, 15) is 13.2 Å². The number of nitrogens with zero attached hydrogens (tertiary/aromatic N) is 2. The number of carboxylic acids is 1. The fourth-order valence-corrected chi connectivity index (χ4v) is 2.71. The van der Waals surface area contributed by atoms with E-state index < -0.39 is 21.1 Å². The van der Waals surface area contributed by atoms with Crippen molar-refractivity contribution in [2.24, 2.45) is 0 Å². The summed E-state index contributed by atoms with van der Waals surface area (Å²) in [5.41, 5.74) is 2.02. The quantitative estimate of drug-likeness (QED) is 0.841. The predicted octanol–water partition coefficient (Wildman–Crippen LogP) is 0.950. The molecular formula is C12H20N2O4S. The summed E-state index contributed by atoms with van der Waals surface area (Å²) in [7, 11) is -3.12. The molecule has 1 aromatic rings. The van der Waals surface area contributed by atoms with E-state index in [1.165, 1.54) is 0 Å². The molecule has 0 amide bonds. The minimum atomic E-state index is -3.12. The molecule has 108 valence electrons. The van der Waals surface area contributed by atoms with Crippen molar-refractivity contribution in [3.63, 3.8) is 0 Å². The van der Waals surface area contributed by atoms with Crippen LogP contribution in [0.2, 0.25) is 0 Å². The van der Waals surface area contributed by atoms with Gasteiger partial charge in [0.25, 0.3) is 0 Å². The van der Waals surface area contributed by atoms with Crippen molar-refractivity contribution in [3.8, 4) is 0 Å². The number of hydrogen-bond donors (Lipinski definition) is 1. The summed E-state index contributed by atoms with van der Waals surface area (Å²) >= 11 is 0. The van der Waals surface area contributed by atoms with Gasteiger partial charge in [-0.25, -0.2) is 8.42 Å². The normalized spacial score (nSPS) is 12.1. The molecule has 0 aromatic carbocycles. The lowest BCUT2D eigenvalue weighted by molar-refractivity contribution is -0.136. The number of aliphatic carboxylic acids is 1. The molecule has 0 bridgehead atoms. The zero-order valence-corrected chi connectivity index (χ0v) is 12.5. The van der Waals surface area contributed by atoms with E-state index >= 15 is 0 Å². The van der Waals surface area contributed by atoms with Gasteiger partial charge in [0.2, 0.25) is 0 Å². The second-order valence-electron chi connectivity index (χ2n) is 4.86. The van der Waals surface area contributed by atoms with Gasteiger partial charge < -0.3 is 5.11 Å². The average molecular weight is 288 g/mol. The second-order valence-corrected chi connectivity index (χ2v) is 7.54. The molecule has 6 nitrogen and oxygen atoms in total. The molecule has 1 heterocycles. The van der Waals surface area contributed by atoms with E-state index in [0.717, 1.165) is 5.69 Å². The third kappa shape index (κ3) is 3.79. The van der Waals surface area contributed by atoms with E-state index in [4.69, 9.17) is 5.11 Å². The maximum absolute atomic E-state index is 11.7. The topological polar surface area (TPSA) is 89.3 Å². The van der Waals surface area contributed by atoms with E-state index in [0.29, 0.717) is 11.3 Å². The van der Waals surface area contributed by atoms with Gasteiger partial charge in [-0.3, -0.25) is 9.48 Å². The van der Waals surface area contributed by atoms with Gasteiger partial charge in [0.05, 0.1) is 29.7 Å². The highest BCUT2D eigenvalue weighted by atomic mass is 32.2. The Hall–Kier alpha value is -1.37. The molecule has 0 saturated heterocycles. The summed E-state index contributed by atoms with van der Waals surface area (Å²) < 4.78 is 25.1. The lowest BCUT2D eigenvalue weighted by Gasteiger charge is -2.09. The number of rotatable bonds is 6. The van der Waals surface area contributed by atoms with Gasteiger partial charge in [0.15, 0.2) is 9.84 Å². The van der Waals surface area contributed by atoms with Crippen molar-refractivity contribution >= 4 is 15.8 Å². The largest absolute Gasteiger partial charge is 0.481 e. The van der Waals surface area contributed by atoms with E-state index in [1.54, 1.807) is 32.4 Å². The van der Waals surface area contributed by atoms with E-state index in [1.807, 2.05) is 0 Å². The Labute approximate surface area is 113 Å². The Morgan fingerprint density at radius 1 is 1.37 bits per heavy atom. The van der Waals surface area contributed by atoms with Gasteiger partial charge in [0.1, 0.15) is 0 Å². The van der Waals surface area contributed by atoms with Crippen LogP contribution in [0, 0.1) is 13.8 Å². The Kier molecular flexibility index (Phi) is 4.73. The number of carboxylic acid groups (broad SMARTS) is 1. The van der Waals surface area contributed by atoms with Crippen LogP contribution in [0.25, 0.3) is 0 Å². The van der Waals surface area contributed by atoms with Gasteiger partial charge in [0, 0.05) is 11.3 Å². The first kappa shape index (κ1) is 15.7. The van der Waals surface area contributed by atoms with Crippen molar-refractivity contribution in [2.45, 2.75) is 45.9 Å². The summed E-state index contributed by atoms with van der Waals surface area (Å²) in [4.78, 5) is 10.8. The van der Waals surface area contributed by atoms with Crippen LogP contribution in [0.5, 0.6) is 0 Å². The van der Waals surface area contributed by atoms with Crippen LogP contribution in [0.15, 0.2) is 0 Å². The SMILES string of the molecule is Cc1nn(CCS(=O)(=O)C(C)C)c(C)c1CC(=O)O. The fraction of sp³-hybridized carbons (Fsp3) is 0.667. The fourth-order valence-electron chi connectivity index (χ4n) is 1.81. The zero-order valence-electron chi connectivity index (χ0n) is 11.7. The Bertz CT molecular complexity index is 573. The molecule has 0 aliphatic heterocycles. The van der Waals surface area contributed by atoms with Gasteiger partial charge in [-0.05, 0) is 27.7 Å². The molecule has 1 rings (SSSR count). The number of carbonyl (C=O) groups is 1. The summed E-state index contributed by atoms with van der Waals surface area (Å²) in [6.45, 7) is 7.05. The lowest BCUT2D eigenvalue weighted by Crippen LogP contribution is -2.22. The molecule has 19 heavy (non-hydrogen) atoms. The first-order valence-electron chi connectivity index (χ1n) is 6.11. The maximum Gasteiger partial charge on any atom is 0.307 e. The van der Waals surface area contributed by atoms with Crippen molar-refractivity contribution in [1.29, 1.82) is 0 Å². The van der Waals surface area contributed by atoms with Crippen LogP contribution in [-0.4, -0.2) is 40.3 Å². The van der Waals surface area contributed by atoms with Gasteiger partial charge in [-0.2, -0.15) is 5.10 Å². The summed E-state index contributed by atoms with van der Waals surface area (Å²) in [5, 5.41) is 12.6. The molecule has 1 aromatic heterocycles. The Morgan fingerprint density at radius 2 is 1.95 bits per heavy atom. The molecule has 1 N–H and O–H groups in total. The van der Waals surface area contributed by atoms with Crippen molar-refractivity contribution in [1.82, 2.24) is 9.78 Å². The minimum absolute atomic E-state index is 0.0130. The summed E-state index contributed by atoms with van der Waals surface area (Å²) in [6, 6.07) is 0. The molecule has 0 aliphatic carbocycles. The third-order valence-electron chi connectivity index (χ3n) is 3.17. The van der Waals surface area contributed by atoms with Gasteiger partial charge in [-0.15, -0.1) is 0 Å². The highest BCUT2D eigenvalue weighted by Crippen LogP contribution is 2.14. The standard InChI is InChI=1S/C12H20N2O4S/c1-8(2)19(17,18)6-5-14-10(4)11(7-12(15)16)9(3)13-14/h8H,5-7H2,1-4H3,(H,15,16). The van der Waals surface area contributed by atoms with Crippen LogP contribution < -0.4 is 0 Å². The first-order valence-corrected chi connectivity index (χ1v) is 7.83. The summed E-state index contributed by atoms with van der Waals surface area (Å²) in [6.07, 6.45) is -0.0887. The van der Waals surface area contributed by atoms with Crippen molar-refractivity contribution in [2.75, 3.05) is 5.75 Å². The van der Waals surface area contributed by atoms with Crippen molar-refractivity contribution < 1.29 is 18.3 Å². The van der Waals surface area contributed by atoms with Crippen molar-refractivity contribution in [3.05, 3.63) is 17.0 Å². The third-order valence-corrected chi connectivity index (χ3v) is 5.35. The van der Waals surface area contributed by atoms with Crippen LogP contribution >= 0.6 is 0 Å². The maximum atomic E-state index is 11.7. The molecule has 0 fully saturated rings. The summed E-state index contributed by atoms with van der Waals surface area (Å²) in [5.74, 6) is -0.903. The highest BCUT2D eigenvalue weighted by molar-refractivity contribution is 7.91. The van der Waals surface area contributed by atoms with Gasteiger partial charge in [-0.1, -0.05) is 0 Å². The Morgan fingerprint density at radius 3 is 2.42 bits per heavy atom. The number of aryl methyl sites for hydroxylation is 2. The number of aromatic nitrogens is 2. The molecule has 0 atom stereocenters.